The van der Waals surface area contributed by atoms with Gasteiger partial charge in [0.25, 0.3) is 0 Å². The number of nitrogens with two attached hydrogens (primary N) is 1. The van der Waals surface area contributed by atoms with Gasteiger partial charge in [-0.15, -0.1) is 0 Å². The fourth-order valence-electron chi connectivity index (χ4n) is 3.74. The van der Waals surface area contributed by atoms with Crippen LogP contribution in [0.1, 0.15) is 37.6 Å². The number of nitrogens with zero attached hydrogens (tertiary/aromatic N) is 2. The van der Waals surface area contributed by atoms with Gasteiger partial charge in [-0.1, -0.05) is 56.1 Å². The number of rotatable bonds is 4. The number of carbonyl (C=O) groups is 2. The second kappa shape index (κ2) is 9.29. The predicted octanol–water partition coefficient (Wildman–Crippen LogP) is 4.62. The summed E-state index contributed by atoms with van der Waals surface area (Å²) in [5.41, 5.74) is 9.31. The first-order chi connectivity index (χ1) is 16.0. The van der Waals surface area contributed by atoms with Crippen LogP contribution in [0.5, 0.6) is 0 Å². The molecule has 0 radical (unpaired) electrons. The van der Waals surface area contributed by atoms with Gasteiger partial charge in [-0.2, -0.15) is 5.10 Å². The number of urea groups is 1. The van der Waals surface area contributed by atoms with Crippen molar-refractivity contribution < 1.29 is 9.59 Å². The zero-order valence-electron chi connectivity index (χ0n) is 19.1. The van der Waals surface area contributed by atoms with Crippen molar-refractivity contribution in [2.45, 2.75) is 45.2 Å². The molecule has 34 heavy (non-hydrogen) atoms. The zero-order chi connectivity index (χ0) is 24.6. The van der Waals surface area contributed by atoms with E-state index in [1.807, 2.05) is 45.0 Å². The molecule has 4 rings (SSSR count). The van der Waals surface area contributed by atoms with Gasteiger partial charge in [0.1, 0.15) is 5.82 Å². The maximum absolute atomic E-state index is 12.8. The molecule has 10 heteroatoms. The molecule has 5 N–H and O–H groups in total. The van der Waals surface area contributed by atoms with Crippen molar-refractivity contribution in [1.29, 1.82) is 0 Å². The lowest BCUT2D eigenvalue weighted by Gasteiger charge is -2.24. The highest BCUT2D eigenvalue weighted by molar-refractivity contribution is 6.44. The number of nitrogens with one attached hydrogen (secondary N) is 3. The first-order valence-corrected chi connectivity index (χ1v) is 11.6. The van der Waals surface area contributed by atoms with Crippen LogP contribution in [0.15, 0.2) is 42.5 Å². The highest BCUT2D eigenvalue weighted by atomic mass is 35.5. The van der Waals surface area contributed by atoms with Crippen LogP contribution in [0, 0.1) is 0 Å². The summed E-state index contributed by atoms with van der Waals surface area (Å²) in [6.45, 7) is 6.70. The Kier molecular flexibility index (Phi) is 6.58. The molecule has 1 unspecified atom stereocenters. The molecule has 0 fully saturated rings. The molecule has 1 atom stereocenters. The average Bonchev–Trinajstić information content (AvgIpc) is 3.20. The third-order valence-electron chi connectivity index (χ3n) is 5.66. The first-order valence-electron chi connectivity index (χ1n) is 10.8. The maximum atomic E-state index is 12.8. The smallest absolute Gasteiger partial charge is 0.324 e. The molecule has 178 valence electrons. The third kappa shape index (κ3) is 5.04. The molecule has 1 aliphatic heterocycles. The Morgan fingerprint density at radius 3 is 2.59 bits per heavy atom. The maximum Gasteiger partial charge on any atom is 0.324 e. The number of aromatic nitrogens is 2. The van der Waals surface area contributed by atoms with E-state index in [0.29, 0.717) is 29.5 Å². The second-order valence-corrected chi connectivity index (χ2v) is 10.0. The quantitative estimate of drug-likeness (QED) is 0.418. The van der Waals surface area contributed by atoms with Gasteiger partial charge in [0.15, 0.2) is 0 Å². The number of fused-ring (bicyclic) bond motifs is 1. The van der Waals surface area contributed by atoms with E-state index in [1.54, 1.807) is 22.9 Å². The molecule has 0 bridgehead atoms. The zero-order valence-corrected chi connectivity index (χ0v) is 20.6. The molecule has 0 spiro atoms. The lowest BCUT2D eigenvalue weighted by molar-refractivity contribution is -0.120. The largest absolute Gasteiger partial charge is 0.368 e. The molecule has 2 aromatic carbocycles. The molecule has 1 aliphatic rings. The van der Waals surface area contributed by atoms with Crippen LogP contribution in [0.3, 0.4) is 0 Å². The van der Waals surface area contributed by atoms with Gasteiger partial charge in [0.2, 0.25) is 5.91 Å². The van der Waals surface area contributed by atoms with Crippen molar-refractivity contribution in [3.63, 3.8) is 0 Å². The number of benzene rings is 2. The van der Waals surface area contributed by atoms with Gasteiger partial charge in [-0.25, -0.2) is 9.48 Å². The van der Waals surface area contributed by atoms with Crippen molar-refractivity contribution >= 4 is 46.6 Å². The van der Waals surface area contributed by atoms with Crippen LogP contribution >= 0.6 is 23.2 Å². The van der Waals surface area contributed by atoms with Crippen molar-refractivity contribution in [3.8, 4) is 5.69 Å². The highest BCUT2D eigenvalue weighted by Crippen LogP contribution is 2.31. The van der Waals surface area contributed by atoms with E-state index in [-0.39, 0.29) is 16.3 Å². The monoisotopic (exact) mass is 500 g/mol. The summed E-state index contributed by atoms with van der Waals surface area (Å²) in [6, 6.07) is 11.8. The lowest BCUT2D eigenvalue weighted by Crippen LogP contribution is -2.45. The van der Waals surface area contributed by atoms with E-state index in [9.17, 15) is 9.59 Å². The molecular weight excluding hydrogens is 475 g/mol. The second-order valence-electron chi connectivity index (χ2n) is 9.25. The van der Waals surface area contributed by atoms with Gasteiger partial charge in [0.05, 0.1) is 33.2 Å². The molecule has 8 nitrogen and oxygen atoms in total. The SMILES string of the molecule is CC(C)(C)c1cc(NC(=O)Nc2cccc(Cl)c2Cl)n(-c2ccc3c(c2)CC(C(N)=O)NC3)n1. The number of hydrogen-bond donors (Lipinski definition) is 4. The minimum absolute atomic E-state index is 0.246. The summed E-state index contributed by atoms with van der Waals surface area (Å²) in [4.78, 5) is 24.5. The molecule has 1 aromatic heterocycles. The Balaban J connectivity index is 1.66. The summed E-state index contributed by atoms with van der Waals surface area (Å²) in [6.07, 6.45) is 0.489. The topological polar surface area (TPSA) is 114 Å². The van der Waals surface area contributed by atoms with E-state index in [4.69, 9.17) is 34.0 Å². The highest BCUT2D eigenvalue weighted by Gasteiger charge is 2.25. The number of hydrogen-bond acceptors (Lipinski definition) is 4. The van der Waals surface area contributed by atoms with Crippen molar-refractivity contribution in [3.05, 3.63) is 69.3 Å². The Morgan fingerprint density at radius 2 is 1.88 bits per heavy atom. The Morgan fingerprint density at radius 1 is 1.12 bits per heavy atom. The standard InChI is InChI=1S/C24H26Cl2N6O2/c1-24(2,3)19-11-20(30-23(34)29-17-6-4-5-16(25)21(17)26)32(31-19)15-8-7-13-12-28-18(22(27)33)10-14(13)9-15/h4-9,11,18,28H,10,12H2,1-3H3,(H2,27,33)(H2,29,30,34). The van der Waals surface area contributed by atoms with Gasteiger partial charge in [-0.3, -0.25) is 10.1 Å². The van der Waals surface area contributed by atoms with Gasteiger partial charge < -0.3 is 16.4 Å². The summed E-state index contributed by atoms with van der Waals surface area (Å²) in [5, 5.41) is 14.1. The van der Waals surface area contributed by atoms with Gasteiger partial charge in [0, 0.05) is 18.0 Å². The summed E-state index contributed by atoms with van der Waals surface area (Å²) in [7, 11) is 0. The molecular formula is C24H26Cl2N6O2. The summed E-state index contributed by atoms with van der Waals surface area (Å²) >= 11 is 12.3. The number of anilines is 2. The fourth-order valence-corrected chi connectivity index (χ4v) is 4.08. The number of amides is 3. The molecule has 3 amide bonds. The van der Waals surface area contributed by atoms with E-state index < -0.39 is 12.1 Å². The molecule has 2 heterocycles. The van der Waals surface area contributed by atoms with Crippen LogP contribution in [-0.4, -0.2) is 27.8 Å². The predicted molar refractivity (Wildman–Crippen MR) is 135 cm³/mol. The number of halogens is 2. The Bertz CT molecular complexity index is 1260. The molecule has 3 aromatic rings. The van der Waals surface area contributed by atoms with E-state index in [1.165, 1.54) is 0 Å². The van der Waals surface area contributed by atoms with E-state index in [0.717, 1.165) is 22.5 Å². The number of carbonyl (C=O) groups excluding carboxylic acids is 2. The summed E-state index contributed by atoms with van der Waals surface area (Å²) in [5.74, 6) is 0.102. The van der Waals surface area contributed by atoms with Gasteiger partial charge >= 0.3 is 6.03 Å². The van der Waals surface area contributed by atoms with Crippen molar-refractivity contribution in [2.24, 2.45) is 5.73 Å². The summed E-state index contributed by atoms with van der Waals surface area (Å²) < 4.78 is 1.68. The lowest BCUT2D eigenvalue weighted by atomic mass is 9.92. The van der Waals surface area contributed by atoms with Gasteiger partial charge in [-0.05, 0) is 41.8 Å². The normalized spacial score (nSPS) is 15.5. The molecule has 0 saturated heterocycles. The van der Waals surface area contributed by atoms with E-state index >= 15 is 0 Å². The fraction of sp³-hybridized carbons (Fsp3) is 0.292. The van der Waals surface area contributed by atoms with Crippen LogP contribution in [0.2, 0.25) is 10.0 Å². The minimum Gasteiger partial charge on any atom is -0.368 e. The van der Waals surface area contributed by atoms with E-state index in [2.05, 4.69) is 16.0 Å². The first kappa shape index (κ1) is 24.1. The van der Waals surface area contributed by atoms with Crippen LogP contribution < -0.4 is 21.7 Å². The number of primary amides is 1. The Labute approximate surface area is 207 Å². The van der Waals surface area contributed by atoms with Crippen molar-refractivity contribution in [1.82, 2.24) is 15.1 Å². The molecule has 0 aliphatic carbocycles. The molecule has 0 saturated carbocycles. The third-order valence-corrected chi connectivity index (χ3v) is 6.48. The van der Waals surface area contributed by atoms with Crippen LogP contribution in [-0.2, 0) is 23.2 Å². The Hall–Kier alpha value is -3.07. The average molecular weight is 501 g/mol. The minimum atomic E-state index is -0.485. The van der Waals surface area contributed by atoms with Crippen LogP contribution in [0.4, 0.5) is 16.3 Å². The van der Waals surface area contributed by atoms with Crippen LogP contribution in [0.25, 0.3) is 5.69 Å². The van der Waals surface area contributed by atoms with Crippen molar-refractivity contribution in [2.75, 3.05) is 10.6 Å².